The van der Waals surface area contributed by atoms with Crippen molar-refractivity contribution in [1.82, 2.24) is 0 Å². The molecule has 5 heteroatoms. The van der Waals surface area contributed by atoms with Gasteiger partial charge in [0.2, 0.25) is 0 Å². The van der Waals surface area contributed by atoms with Crippen molar-refractivity contribution in [2.45, 2.75) is 6.54 Å². The Morgan fingerprint density at radius 2 is 1.56 bits per heavy atom. The summed E-state index contributed by atoms with van der Waals surface area (Å²) in [6, 6.07) is 8.88. The number of nitrogens with one attached hydrogen (secondary N) is 1. The first-order valence-electron chi connectivity index (χ1n) is 5.19. The van der Waals surface area contributed by atoms with Crippen molar-refractivity contribution in [1.29, 1.82) is 0 Å². The molecule has 0 heterocycles. The smallest absolute Gasteiger partial charge is 0.124 e. The molecule has 2 aromatic carbocycles. The van der Waals surface area contributed by atoms with E-state index >= 15 is 0 Å². The van der Waals surface area contributed by atoms with Crippen molar-refractivity contribution in [2.75, 3.05) is 5.32 Å². The SMILES string of the molecule is Fc1ccc(NCc2cc(F)ccc2Br)c(Br)c1. The number of rotatable bonds is 3. The molecular weight excluding hydrogens is 368 g/mol. The summed E-state index contributed by atoms with van der Waals surface area (Å²) < 4.78 is 27.5. The lowest BCUT2D eigenvalue weighted by Crippen LogP contribution is -2.01. The fourth-order valence-corrected chi connectivity index (χ4v) is 2.38. The predicted molar refractivity (Wildman–Crippen MR) is 75.5 cm³/mol. The molecule has 0 radical (unpaired) electrons. The van der Waals surface area contributed by atoms with Crippen LogP contribution in [0.5, 0.6) is 0 Å². The van der Waals surface area contributed by atoms with E-state index < -0.39 is 0 Å². The molecule has 0 spiro atoms. The van der Waals surface area contributed by atoms with Crippen molar-refractivity contribution >= 4 is 37.5 Å². The summed E-state index contributed by atoms with van der Waals surface area (Å²) in [7, 11) is 0. The highest BCUT2D eigenvalue weighted by Crippen LogP contribution is 2.25. The first-order chi connectivity index (χ1) is 8.56. The molecule has 0 saturated carbocycles. The van der Waals surface area contributed by atoms with Gasteiger partial charge < -0.3 is 5.32 Å². The number of halogens is 4. The van der Waals surface area contributed by atoms with Crippen LogP contribution in [0, 0.1) is 11.6 Å². The second-order valence-electron chi connectivity index (χ2n) is 3.71. The molecule has 0 aliphatic carbocycles. The van der Waals surface area contributed by atoms with Crippen LogP contribution in [-0.2, 0) is 6.54 Å². The van der Waals surface area contributed by atoms with E-state index in [1.54, 1.807) is 12.1 Å². The van der Waals surface area contributed by atoms with Crippen LogP contribution in [-0.4, -0.2) is 0 Å². The van der Waals surface area contributed by atoms with Gasteiger partial charge in [0.25, 0.3) is 0 Å². The molecule has 1 N–H and O–H groups in total. The first kappa shape index (κ1) is 13.5. The molecule has 2 aromatic rings. The molecule has 94 valence electrons. The molecule has 0 aliphatic heterocycles. The van der Waals surface area contributed by atoms with Gasteiger partial charge in [0, 0.05) is 21.2 Å². The Morgan fingerprint density at radius 1 is 0.889 bits per heavy atom. The van der Waals surface area contributed by atoms with Gasteiger partial charge in [-0.2, -0.15) is 0 Å². The number of anilines is 1. The average molecular weight is 377 g/mol. The van der Waals surface area contributed by atoms with Gasteiger partial charge in [0.1, 0.15) is 11.6 Å². The Hall–Kier alpha value is -0.940. The Morgan fingerprint density at radius 3 is 2.28 bits per heavy atom. The third-order valence-electron chi connectivity index (χ3n) is 2.41. The van der Waals surface area contributed by atoms with Crippen LogP contribution in [0.3, 0.4) is 0 Å². The van der Waals surface area contributed by atoms with Gasteiger partial charge in [-0.15, -0.1) is 0 Å². The van der Waals surface area contributed by atoms with E-state index in [1.807, 2.05) is 0 Å². The van der Waals surface area contributed by atoms with Gasteiger partial charge in [-0.3, -0.25) is 0 Å². The maximum atomic E-state index is 13.1. The van der Waals surface area contributed by atoms with Crippen LogP contribution in [0.25, 0.3) is 0 Å². The molecule has 0 aliphatic rings. The van der Waals surface area contributed by atoms with E-state index in [0.29, 0.717) is 11.0 Å². The summed E-state index contributed by atoms with van der Waals surface area (Å²) in [6.45, 7) is 0.447. The molecule has 0 atom stereocenters. The summed E-state index contributed by atoms with van der Waals surface area (Å²) in [5.41, 5.74) is 1.55. The lowest BCUT2D eigenvalue weighted by molar-refractivity contribution is 0.625. The Kier molecular flexibility index (Phi) is 4.35. The Bertz CT molecular complexity index is 573. The zero-order valence-electron chi connectivity index (χ0n) is 9.18. The van der Waals surface area contributed by atoms with Gasteiger partial charge >= 0.3 is 0 Å². The number of hydrogen-bond donors (Lipinski definition) is 1. The van der Waals surface area contributed by atoms with Crippen molar-refractivity contribution in [2.24, 2.45) is 0 Å². The molecule has 0 saturated heterocycles. The number of hydrogen-bond acceptors (Lipinski definition) is 1. The fourth-order valence-electron chi connectivity index (χ4n) is 1.50. The maximum absolute atomic E-state index is 13.1. The van der Waals surface area contributed by atoms with Gasteiger partial charge in [0.15, 0.2) is 0 Å². The third kappa shape index (κ3) is 3.29. The second-order valence-corrected chi connectivity index (χ2v) is 5.42. The van der Waals surface area contributed by atoms with E-state index in [4.69, 9.17) is 0 Å². The van der Waals surface area contributed by atoms with Crippen LogP contribution in [0.2, 0.25) is 0 Å². The van der Waals surface area contributed by atoms with Gasteiger partial charge in [-0.25, -0.2) is 8.78 Å². The standard InChI is InChI=1S/C13H9Br2F2N/c14-11-3-1-9(16)5-8(11)7-18-13-4-2-10(17)6-12(13)15/h1-6,18H,7H2. The molecule has 18 heavy (non-hydrogen) atoms. The molecule has 0 unspecified atom stereocenters. The molecule has 1 nitrogen and oxygen atoms in total. The topological polar surface area (TPSA) is 12.0 Å². The molecule has 0 amide bonds. The van der Waals surface area contributed by atoms with E-state index in [0.717, 1.165) is 15.7 Å². The highest BCUT2D eigenvalue weighted by atomic mass is 79.9. The van der Waals surface area contributed by atoms with E-state index in [9.17, 15) is 8.78 Å². The van der Waals surface area contributed by atoms with E-state index in [-0.39, 0.29) is 11.6 Å². The van der Waals surface area contributed by atoms with Crippen molar-refractivity contribution in [3.63, 3.8) is 0 Å². The van der Waals surface area contributed by atoms with Crippen molar-refractivity contribution < 1.29 is 8.78 Å². The molecule has 2 rings (SSSR count). The Balaban J connectivity index is 2.13. The summed E-state index contributed by atoms with van der Waals surface area (Å²) in [5.74, 6) is -0.590. The van der Waals surface area contributed by atoms with Crippen LogP contribution in [0.15, 0.2) is 45.3 Å². The maximum Gasteiger partial charge on any atom is 0.124 e. The van der Waals surface area contributed by atoms with E-state index in [1.165, 1.54) is 24.3 Å². The highest BCUT2D eigenvalue weighted by Gasteiger charge is 2.04. The van der Waals surface area contributed by atoms with Gasteiger partial charge in [-0.05, 0) is 57.9 Å². The monoisotopic (exact) mass is 375 g/mol. The van der Waals surface area contributed by atoms with Crippen LogP contribution in [0.1, 0.15) is 5.56 Å². The van der Waals surface area contributed by atoms with Gasteiger partial charge in [-0.1, -0.05) is 15.9 Å². The minimum absolute atomic E-state index is 0.284. The summed E-state index contributed by atoms with van der Waals surface area (Å²) in [6.07, 6.45) is 0. The third-order valence-corrected chi connectivity index (χ3v) is 3.84. The largest absolute Gasteiger partial charge is 0.380 e. The molecular formula is C13H9Br2F2N. The fraction of sp³-hybridized carbons (Fsp3) is 0.0769. The Labute approximate surface area is 120 Å². The van der Waals surface area contributed by atoms with Crippen LogP contribution >= 0.6 is 31.9 Å². The zero-order chi connectivity index (χ0) is 13.1. The lowest BCUT2D eigenvalue weighted by atomic mass is 10.2. The molecule has 0 aromatic heterocycles. The van der Waals surface area contributed by atoms with E-state index in [2.05, 4.69) is 37.2 Å². The summed E-state index contributed by atoms with van der Waals surface area (Å²) in [4.78, 5) is 0. The highest BCUT2D eigenvalue weighted by molar-refractivity contribution is 9.10. The van der Waals surface area contributed by atoms with Crippen molar-refractivity contribution in [3.05, 3.63) is 62.5 Å². The normalized spacial score (nSPS) is 10.4. The zero-order valence-corrected chi connectivity index (χ0v) is 12.4. The summed E-state index contributed by atoms with van der Waals surface area (Å²) in [5, 5.41) is 3.11. The first-order valence-corrected chi connectivity index (χ1v) is 6.78. The quantitative estimate of drug-likeness (QED) is 0.785. The minimum atomic E-state index is -0.306. The van der Waals surface area contributed by atoms with Crippen LogP contribution in [0.4, 0.5) is 14.5 Å². The lowest BCUT2D eigenvalue weighted by Gasteiger charge is -2.10. The van der Waals surface area contributed by atoms with Gasteiger partial charge in [0.05, 0.1) is 0 Å². The molecule has 0 bridgehead atoms. The second kappa shape index (κ2) is 5.80. The van der Waals surface area contributed by atoms with Crippen molar-refractivity contribution in [3.8, 4) is 0 Å². The summed E-state index contributed by atoms with van der Waals surface area (Å²) >= 11 is 6.62. The predicted octanol–water partition coefficient (Wildman–Crippen LogP) is 5.10. The average Bonchev–Trinajstić information content (AvgIpc) is 2.32. The molecule has 0 fully saturated rings. The minimum Gasteiger partial charge on any atom is -0.380 e. The number of benzene rings is 2. The van der Waals surface area contributed by atoms with Crippen LogP contribution < -0.4 is 5.32 Å².